The second-order valence-electron chi connectivity index (χ2n) is 6.24. The monoisotopic (exact) mass is 364 g/mol. The Labute approximate surface area is 154 Å². The highest BCUT2D eigenvalue weighted by atomic mass is 32.1. The number of ether oxygens (including phenoxy) is 1. The Morgan fingerprint density at radius 3 is 2.20 bits per heavy atom. The molecule has 0 aliphatic rings. The Kier molecular flexibility index (Phi) is 9.29. The van der Waals surface area contributed by atoms with Gasteiger partial charge in [-0.25, -0.2) is 5.10 Å². The van der Waals surface area contributed by atoms with Gasteiger partial charge in [-0.1, -0.05) is 50.7 Å². The normalized spacial score (nSPS) is 10.9. The molecular weight excluding hydrogens is 336 g/mol. The van der Waals surface area contributed by atoms with Crippen LogP contribution in [0.1, 0.15) is 62.8 Å². The van der Waals surface area contributed by atoms with Crippen LogP contribution in [0.2, 0.25) is 0 Å². The number of nitrogens with one attached hydrogen (secondary N) is 1. The van der Waals surface area contributed by atoms with Gasteiger partial charge in [0.05, 0.1) is 13.2 Å². The molecule has 0 fully saturated rings. The molecular formula is C19H28N2O3S. The minimum Gasteiger partial charge on any atom is -0.494 e. The lowest BCUT2D eigenvalue weighted by Crippen LogP contribution is -1.97. The molecule has 0 spiro atoms. The number of aromatic amines is 1. The molecule has 0 saturated heterocycles. The lowest BCUT2D eigenvalue weighted by molar-refractivity contribution is 0.281. The van der Waals surface area contributed by atoms with E-state index >= 15 is 0 Å². The summed E-state index contributed by atoms with van der Waals surface area (Å²) < 4.78 is 10.9. The zero-order valence-corrected chi connectivity index (χ0v) is 15.5. The van der Waals surface area contributed by atoms with Gasteiger partial charge in [0.1, 0.15) is 5.75 Å². The molecule has 0 bridgehead atoms. The summed E-state index contributed by atoms with van der Waals surface area (Å²) in [7, 11) is 0. The highest BCUT2D eigenvalue weighted by molar-refractivity contribution is 7.71. The van der Waals surface area contributed by atoms with Gasteiger partial charge in [0, 0.05) is 6.42 Å². The Morgan fingerprint density at radius 2 is 1.60 bits per heavy atom. The van der Waals surface area contributed by atoms with Crippen molar-refractivity contribution in [1.29, 1.82) is 0 Å². The maximum absolute atomic E-state index is 8.99. The number of hydrogen-bond acceptors (Lipinski definition) is 5. The maximum Gasteiger partial charge on any atom is 0.284 e. The molecule has 0 amide bonds. The van der Waals surface area contributed by atoms with E-state index in [-0.39, 0.29) is 6.61 Å². The van der Waals surface area contributed by atoms with Crippen molar-refractivity contribution in [3.8, 4) is 5.75 Å². The van der Waals surface area contributed by atoms with Crippen LogP contribution in [0.15, 0.2) is 28.7 Å². The molecule has 0 saturated carbocycles. The Hall–Kier alpha value is -1.66. The van der Waals surface area contributed by atoms with Gasteiger partial charge in [0.2, 0.25) is 5.89 Å². The summed E-state index contributed by atoms with van der Waals surface area (Å²) in [6, 6.07) is 7.62. The molecule has 0 radical (unpaired) electrons. The first-order valence-electron chi connectivity index (χ1n) is 9.15. The summed E-state index contributed by atoms with van der Waals surface area (Å²) >= 11 is 4.85. The lowest BCUT2D eigenvalue weighted by Gasteiger charge is -2.06. The van der Waals surface area contributed by atoms with Gasteiger partial charge in [-0.15, -0.1) is 5.10 Å². The van der Waals surface area contributed by atoms with Gasteiger partial charge >= 0.3 is 0 Å². The fraction of sp³-hybridized carbons (Fsp3) is 0.579. The van der Waals surface area contributed by atoms with E-state index in [1.54, 1.807) is 0 Å². The molecule has 5 nitrogen and oxygen atoms in total. The van der Waals surface area contributed by atoms with Gasteiger partial charge in [0.15, 0.2) is 0 Å². The van der Waals surface area contributed by atoms with Crippen LogP contribution in [0.5, 0.6) is 5.75 Å². The summed E-state index contributed by atoms with van der Waals surface area (Å²) in [4.78, 5) is 0.362. The van der Waals surface area contributed by atoms with E-state index in [2.05, 4.69) is 10.2 Å². The van der Waals surface area contributed by atoms with Crippen molar-refractivity contribution < 1.29 is 14.3 Å². The number of H-pyrrole nitrogens is 1. The first-order valence-corrected chi connectivity index (χ1v) is 9.56. The first-order chi connectivity index (χ1) is 12.3. The summed E-state index contributed by atoms with van der Waals surface area (Å²) in [6.45, 7) is 0.838. The minimum absolute atomic E-state index is 0.0775. The number of benzene rings is 1. The van der Waals surface area contributed by atoms with Crippen LogP contribution in [0.4, 0.5) is 0 Å². The quantitative estimate of drug-likeness (QED) is 0.388. The molecule has 2 rings (SSSR count). The zero-order valence-electron chi connectivity index (χ0n) is 14.7. The van der Waals surface area contributed by atoms with Gasteiger partial charge in [0.25, 0.3) is 4.84 Å². The molecule has 1 aromatic heterocycles. The highest BCUT2D eigenvalue weighted by Crippen LogP contribution is 2.14. The van der Waals surface area contributed by atoms with Crippen LogP contribution < -0.4 is 4.74 Å². The number of hydrogen-bond donors (Lipinski definition) is 2. The van der Waals surface area contributed by atoms with Crippen LogP contribution >= 0.6 is 12.2 Å². The maximum atomic E-state index is 8.99. The van der Waals surface area contributed by atoms with Crippen molar-refractivity contribution in [3.05, 3.63) is 40.6 Å². The minimum atomic E-state index is 0.0775. The second-order valence-corrected chi connectivity index (χ2v) is 6.61. The molecule has 2 aromatic rings. The van der Waals surface area contributed by atoms with Crippen LogP contribution in [0.3, 0.4) is 0 Å². The molecule has 138 valence electrons. The van der Waals surface area contributed by atoms with E-state index in [1.807, 2.05) is 24.3 Å². The van der Waals surface area contributed by atoms with Gasteiger partial charge in [-0.3, -0.25) is 0 Å². The van der Waals surface area contributed by atoms with Crippen molar-refractivity contribution in [2.45, 2.75) is 64.4 Å². The highest BCUT2D eigenvalue weighted by Gasteiger charge is 1.99. The number of nitrogens with zero attached hydrogens (tertiary/aromatic N) is 1. The number of aliphatic hydroxyl groups is 1. The van der Waals surface area contributed by atoms with Crippen LogP contribution in [-0.4, -0.2) is 21.9 Å². The molecule has 0 aliphatic carbocycles. The number of unbranched alkanes of at least 4 members (excludes halogenated alkanes) is 7. The molecule has 0 atom stereocenters. The van der Waals surface area contributed by atoms with E-state index in [0.29, 0.717) is 4.84 Å². The van der Waals surface area contributed by atoms with E-state index < -0.39 is 0 Å². The van der Waals surface area contributed by atoms with E-state index in [0.717, 1.165) is 43.1 Å². The third kappa shape index (κ3) is 8.31. The largest absolute Gasteiger partial charge is 0.494 e. The molecule has 1 aromatic carbocycles. The number of rotatable bonds is 13. The molecule has 2 N–H and O–H groups in total. The van der Waals surface area contributed by atoms with Crippen molar-refractivity contribution in [2.24, 2.45) is 0 Å². The topological polar surface area (TPSA) is 71.3 Å². The lowest BCUT2D eigenvalue weighted by atomic mass is 10.1. The fourth-order valence-electron chi connectivity index (χ4n) is 2.69. The summed E-state index contributed by atoms with van der Waals surface area (Å²) in [5, 5.41) is 15.6. The van der Waals surface area contributed by atoms with Crippen LogP contribution in [0, 0.1) is 4.84 Å². The SMILES string of the molecule is OCc1ccc(OCCCCCCCCCCc2n[nH]c(=S)o2)cc1. The summed E-state index contributed by atoms with van der Waals surface area (Å²) in [6.07, 6.45) is 10.6. The number of aryl methyl sites for hydroxylation is 1. The van der Waals surface area contributed by atoms with Gasteiger partial charge in [-0.05, 0) is 42.8 Å². The molecule has 25 heavy (non-hydrogen) atoms. The standard InChI is InChI=1S/C19H28N2O3S/c22-15-16-10-12-17(13-11-16)23-14-8-6-4-2-1-3-5-7-9-18-20-21-19(25)24-18/h10-13,22H,1-9,14-15H2,(H,21,25). The Morgan fingerprint density at radius 1 is 0.960 bits per heavy atom. The van der Waals surface area contributed by atoms with Crippen molar-refractivity contribution in [2.75, 3.05) is 6.61 Å². The van der Waals surface area contributed by atoms with Crippen molar-refractivity contribution in [1.82, 2.24) is 10.2 Å². The predicted octanol–water partition coefficient (Wildman–Crippen LogP) is 4.97. The smallest absolute Gasteiger partial charge is 0.284 e. The predicted molar refractivity (Wildman–Crippen MR) is 100 cm³/mol. The molecule has 0 unspecified atom stereocenters. The summed E-state index contributed by atoms with van der Waals surface area (Å²) in [5.74, 6) is 1.60. The second kappa shape index (κ2) is 11.8. The number of aromatic nitrogens is 2. The van der Waals surface area contributed by atoms with Gasteiger partial charge in [-0.2, -0.15) is 0 Å². The Balaban J connectivity index is 1.37. The van der Waals surface area contributed by atoms with Gasteiger partial charge < -0.3 is 14.3 Å². The van der Waals surface area contributed by atoms with Crippen molar-refractivity contribution in [3.63, 3.8) is 0 Å². The summed E-state index contributed by atoms with van der Waals surface area (Å²) in [5.41, 5.74) is 0.913. The average molecular weight is 365 g/mol. The van der Waals surface area contributed by atoms with Crippen LogP contribution in [-0.2, 0) is 13.0 Å². The third-order valence-corrected chi connectivity index (χ3v) is 4.32. The third-order valence-electron chi connectivity index (χ3n) is 4.14. The molecule has 0 aliphatic heterocycles. The average Bonchev–Trinajstić information content (AvgIpc) is 3.05. The Bertz CT molecular complexity index is 637. The van der Waals surface area contributed by atoms with Crippen LogP contribution in [0.25, 0.3) is 0 Å². The van der Waals surface area contributed by atoms with Crippen molar-refractivity contribution >= 4 is 12.2 Å². The zero-order chi connectivity index (χ0) is 17.7. The van der Waals surface area contributed by atoms with E-state index in [4.69, 9.17) is 26.5 Å². The fourth-order valence-corrected chi connectivity index (χ4v) is 2.83. The molecule has 6 heteroatoms. The number of aliphatic hydroxyl groups excluding tert-OH is 1. The first kappa shape index (κ1) is 19.7. The van der Waals surface area contributed by atoms with E-state index in [9.17, 15) is 0 Å². The molecule has 1 heterocycles. The van der Waals surface area contributed by atoms with E-state index in [1.165, 1.54) is 38.5 Å².